The maximum absolute atomic E-state index is 13.4. The maximum Gasteiger partial charge on any atom is 0.282 e. The van der Waals surface area contributed by atoms with Crippen molar-refractivity contribution >= 4 is 34.1 Å². The number of nitrogens with zero attached hydrogens (tertiary/aromatic N) is 5. The molecule has 2 aromatic heterocycles. The number of likely N-dealkylation sites (tertiary alicyclic amines) is 2. The van der Waals surface area contributed by atoms with E-state index in [0.29, 0.717) is 36.8 Å². The molecule has 0 spiro atoms. The van der Waals surface area contributed by atoms with Gasteiger partial charge in [0.05, 0.1) is 5.52 Å². The Kier molecular flexibility index (Phi) is 5.77. The van der Waals surface area contributed by atoms with E-state index in [1.807, 2.05) is 40.4 Å². The van der Waals surface area contributed by atoms with E-state index >= 15 is 0 Å². The monoisotopic (exact) mass is 504 g/mol. The van der Waals surface area contributed by atoms with Crippen LogP contribution >= 0.6 is 11.3 Å². The molecule has 0 bridgehead atoms. The van der Waals surface area contributed by atoms with Gasteiger partial charge >= 0.3 is 0 Å². The van der Waals surface area contributed by atoms with E-state index in [1.165, 1.54) is 23.5 Å². The van der Waals surface area contributed by atoms with Gasteiger partial charge in [-0.15, -0.1) is 11.3 Å². The zero-order valence-corrected chi connectivity index (χ0v) is 20.5. The number of thiazole rings is 1. The van der Waals surface area contributed by atoms with Gasteiger partial charge in [-0.1, -0.05) is 0 Å². The summed E-state index contributed by atoms with van der Waals surface area (Å²) in [5.41, 5.74) is 3.05. The lowest BCUT2D eigenvalue weighted by Gasteiger charge is -2.41. The van der Waals surface area contributed by atoms with Gasteiger partial charge in [-0.25, -0.2) is 9.37 Å². The largest absolute Gasteiger partial charge is 0.335 e. The van der Waals surface area contributed by atoms with Crippen LogP contribution in [0.4, 0.5) is 4.39 Å². The summed E-state index contributed by atoms with van der Waals surface area (Å²) >= 11 is 1.36. The number of aromatic nitrogens is 3. The zero-order valence-electron chi connectivity index (χ0n) is 19.7. The molecule has 2 amide bonds. The van der Waals surface area contributed by atoms with Gasteiger partial charge in [-0.2, -0.15) is 5.10 Å². The van der Waals surface area contributed by atoms with Crippen LogP contribution in [0.25, 0.3) is 22.2 Å². The van der Waals surface area contributed by atoms with Crippen molar-refractivity contribution in [2.24, 2.45) is 7.05 Å². The Morgan fingerprint density at radius 1 is 1.03 bits per heavy atom. The highest BCUT2D eigenvalue weighted by Gasteiger charge is 2.35. The van der Waals surface area contributed by atoms with Crippen molar-refractivity contribution in [1.29, 1.82) is 0 Å². The quantitative estimate of drug-likeness (QED) is 0.452. The van der Waals surface area contributed by atoms with Crippen molar-refractivity contribution < 1.29 is 14.0 Å². The molecular weight excluding hydrogens is 479 g/mol. The second-order valence-electron chi connectivity index (χ2n) is 9.36. The second-order valence-corrected chi connectivity index (χ2v) is 10.3. The second kappa shape index (κ2) is 9.11. The number of aryl methyl sites for hydroxylation is 1. The lowest BCUT2D eigenvalue weighted by molar-refractivity contribution is 0.0553. The molecule has 0 aliphatic carbocycles. The van der Waals surface area contributed by atoms with Crippen molar-refractivity contribution in [3.63, 3.8) is 0 Å². The van der Waals surface area contributed by atoms with Crippen molar-refractivity contribution in [3.8, 4) is 11.3 Å². The van der Waals surface area contributed by atoms with Crippen LogP contribution in [0.2, 0.25) is 0 Å². The average molecular weight is 505 g/mol. The Bertz CT molecular complexity index is 1430. The summed E-state index contributed by atoms with van der Waals surface area (Å²) in [4.78, 5) is 33.5. The summed E-state index contributed by atoms with van der Waals surface area (Å²) in [6.45, 7) is 2.64. The molecule has 4 heterocycles. The molecule has 2 aromatic carbocycles. The summed E-state index contributed by atoms with van der Waals surface area (Å²) in [6.07, 6.45) is 2.55. The smallest absolute Gasteiger partial charge is 0.282 e. The van der Waals surface area contributed by atoms with Crippen LogP contribution in [0.3, 0.4) is 0 Å². The number of amides is 2. The molecule has 4 aromatic rings. The molecule has 1 N–H and O–H groups in total. The molecule has 0 unspecified atom stereocenters. The van der Waals surface area contributed by atoms with Crippen molar-refractivity contribution in [2.75, 3.05) is 26.2 Å². The fourth-order valence-electron chi connectivity index (χ4n) is 5.03. The Morgan fingerprint density at radius 2 is 1.81 bits per heavy atom. The minimum absolute atomic E-state index is 0.00878. The first kappa shape index (κ1) is 22.8. The predicted octanol–water partition coefficient (Wildman–Crippen LogP) is 3.16. The molecule has 36 heavy (non-hydrogen) atoms. The van der Waals surface area contributed by atoms with Gasteiger partial charge in [0.1, 0.15) is 11.5 Å². The number of hydrogen-bond acceptors (Lipinski definition) is 6. The molecule has 6 rings (SSSR count). The molecule has 2 aliphatic heterocycles. The summed E-state index contributed by atoms with van der Waals surface area (Å²) in [7, 11) is 1.86. The van der Waals surface area contributed by atoms with Crippen molar-refractivity contribution in [1.82, 2.24) is 29.9 Å². The fourth-order valence-corrected chi connectivity index (χ4v) is 5.63. The number of carbonyl (C=O) groups is 2. The maximum atomic E-state index is 13.4. The minimum atomic E-state index is -0.299. The summed E-state index contributed by atoms with van der Waals surface area (Å²) in [5.74, 6) is -0.325. The topological polar surface area (TPSA) is 83.4 Å². The summed E-state index contributed by atoms with van der Waals surface area (Å²) < 4.78 is 15.2. The average Bonchev–Trinajstić information content (AvgIpc) is 3.62. The number of benzene rings is 2. The third-order valence-corrected chi connectivity index (χ3v) is 7.71. The van der Waals surface area contributed by atoms with E-state index in [0.717, 1.165) is 28.6 Å². The lowest BCUT2D eigenvalue weighted by Crippen LogP contribution is -2.62. The molecule has 2 saturated heterocycles. The molecule has 2 aliphatic rings. The van der Waals surface area contributed by atoms with E-state index in [9.17, 15) is 14.0 Å². The fraction of sp³-hybridized carbons (Fsp3) is 0.308. The Hall–Kier alpha value is -3.63. The predicted molar refractivity (Wildman–Crippen MR) is 135 cm³/mol. The summed E-state index contributed by atoms with van der Waals surface area (Å²) in [5, 5.41) is 11.4. The van der Waals surface area contributed by atoms with Gasteiger partial charge in [0, 0.05) is 73.4 Å². The number of rotatable bonds is 5. The van der Waals surface area contributed by atoms with Gasteiger partial charge in [0.2, 0.25) is 0 Å². The number of fused-ring (bicyclic) bond motifs is 1. The van der Waals surface area contributed by atoms with Crippen molar-refractivity contribution in [2.45, 2.75) is 18.5 Å². The molecular formula is C26H25FN6O2S. The van der Waals surface area contributed by atoms with E-state index in [4.69, 9.17) is 0 Å². The molecule has 184 valence electrons. The highest BCUT2D eigenvalue weighted by atomic mass is 32.1. The van der Waals surface area contributed by atoms with E-state index < -0.39 is 0 Å². The summed E-state index contributed by atoms with van der Waals surface area (Å²) in [6, 6.07) is 12.3. The van der Waals surface area contributed by atoms with E-state index in [2.05, 4.69) is 15.4 Å². The van der Waals surface area contributed by atoms with Crippen LogP contribution in [0.5, 0.6) is 0 Å². The van der Waals surface area contributed by atoms with Gasteiger partial charge in [-0.3, -0.25) is 14.3 Å². The molecule has 1 atom stereocenters. The van der Waals surface area contributed by atoms with Crippen molar-refractivity contribution in [3.05, 3.63) is 70.4 Å². The normalized spacial score (nSPS) is 18.1. The van der Waals surface area contributed by atoms with Crippen LogP contribution in [-0.2, 0) is 7.05 Å². The van der Waals surface area contributed by atoms with Crippen LogP contribution in [0.15, 0.2) is 54.0 Å². The number of hydrogen-bond donors (Lipinski definition) is 1. The number of halogens is 1. The standard InChI is InChI=1S/C26H25FN6O2S/c1-31-22-7-4-17(12-21(22)23(30-31)16-2-5-18(27)6-3-16)25(34)33-14-20(15-33)29-19-8-10-32(13-19)26(35)24-28-9-11-36-24/h2-7,9,11-12,19-20,29H,8,10,13-15H2,1H3/t19-/m0/s1. The van der Waals surface area contributed by atoms with Gasteiger partial charge < -0.3 is 15.1 Å². The first-order valence-corrected chi connectivity index (χ1v) is 12.8. The van der Waals surface area contributed by atoms with Crippen LogP contribution in [-0.4, -0.2) is 74.6 Å². The third kappa shape index (κ3) is 4.16. The lowest BCUT2D eigenvalue weighted by atomic mass is 10.0. The van der Waals surface area contributed by atoms with Crippen LogP contribution < -0.4 is 5.32 Å². The molecule has 0 saturated carbocycles. The SMILES string of the molecule is Cn1nc(-c2ccc(F)cc2)c2cc(C(=O)N3CC(N[C@H]4CCN(C(=O)c5nccs5)C4)C3)ccc21. The highest BCUT2D eigenvalue weighted by molar-refractivity contribution is 7.11. The Balaban J connectivity index is 1.09. The van der Waals surface area contributed by atoms with E-state index in [-0.39, 0.29) is 29.7 Å². The molecule has 2 fully saturated rings. The number of nitrogens with one attached hydrogen (secondary N) is 1. The Labute approximate surface area is 211 Å². The molecule has 10 heteroatoms. The van der Waals surface area contributed by atoms with Crippen LogP contribution in [0, 0.1) is 5.82 Å². The van der Waals surface area contributed by atoms with Gasteiger partial charge in [0.25, 0.3) is 11.8 Å². The minimum Gasteiger partial charge on any atom is -0.335 e. The van der Waals surface area contributed by atoms with E-state index in [1.54, 1.807) is 23.0 Å². The highest BCUT2D eigenvalue weighted by Crippen LogP contribution is 2.29. The van der Waals surface area contributed by atoms with Gasteiger partial charge in [0.15, 0.2) is 5.01 Å². The zero-order chi connectivity index (χ0) is 24.8. The van der Waals surface area contributed by atoms with Crippen LogP contribution in [0.1, 0.15) is 26.6 Å². The Morgan fingerprint density at radius 3 is 2.56 bits per heavy atom. The molecule has 0 radical (unpaired) electrons. The molecule has 8 nitrogen and oxygen atoms in total. The third-order valence-electron chi connectivity index (χ3n) is 6.95. The number of carbonyl (C=O) groups excluding carboxylic acids is 2. The van der Waals surface area contributed by atoms with Gasteiger partial charge in [-0.05, 0) is 48.9 Å². The first-order valence-electron chi connectivity index (χ1n) is 11.9. The first-order chi connectivity index (χ1) is 17.5.